The van der Waals surface area contributed by atoms with Crippen LogP contribution in [0.4, 0.5) is 0 Å². The Morgan fingerprint density at radius 1 is 1.00 bits per heavy atom. The third kappa shape index (κ3) is 4.95. The van der Waals surface area contributed by atoms with Gasteiger partial charge in [-0.05, 0) is 68.9 Å². The normalized spacial score (nSPS) is 30.3. The molecule has 0 saturated heterocycles. The van der Waals surface area contributed by atoms with Gasteiger partial charge in [0.2, 0.25) is 11.8 Å². The van der Waals surface area contributed by atoms with Crippen molar-refractivity contribution >= 4 is 24.2 Å². The van der Waals surface area contributed by atoms with Gasteiger partial charge in [-0.25, -0.2) is 0 Å². The SMILES string of the molecule is CNCCNC(=O)C(Cc1ccccc1)NC(=O)C12CC3CC(CC(C3)C1)C2.Cl. The number of rotatable bonds is 8. The molecule has 0 radical (unpaired) electrons. The van der Waals surface area contributed by atoms with E-state index in [1.807, 2.05) is 37.4 Å². The molecule has 5 rings (SSSR count). The molecule has 0 aliphatic heterocycles. The summed E-state index contributed by atoms with van der Waals surface area (Å²) >= 11 is 0. The van der Waals surface area contributed by atoms with E-state index in [4.69, 9.17) is 0 Å². The van der Waals surface area contributed by atoms with E-state index in [0.29, 0.717) is 37.3 Å². The molecule has 1 aromatic carbocycles. The van der Waals surface area contributed by atoms with Crippen molar-refractivity contribution in [1.82, 2.24) is 16.0 Å². The van der Waals surface area contributed by atoms with Crippen molar-refractivity contribution in [3.05, 3.63) is 35.9 Å². The molecular formula is C23H34ClN3O2. The number of benzene rings is 1. The molecule has 4 aliphatic carbocycles. The van der Waals surface area contributed by atoms with Crippen LogP contribution in [0.5, 0.6) is 0 Å². The lowest BCUT2D eigenvalue weighted by Gasteiger charge is -2.55. The molecule has 0 aromatic heterocycles. The third-order valence-electron chi connectivity index (χ3n) is 7.10. The minimum absolute atomic E-state index is 0. The molecule has 29 heavy (non-hydrogen) atoms. The first-order chi connectivity index (χ1) is 13.6. The minimum atomic E-state index is -0.514. The highest BCUT2D eigenvalue weighted by Crippen LogP contribution is 2.60. The second kappa shape index (κ2) is 9.48. The van der Waals surface area contributed by atoms with Crippen molar-refractivity contribution in [2.45, 2.75) is 51.0 Å². The molecule has 1 atom stereocenters. The van der Waals surface area contributed by atoms with Crippen molar-refractivity contribution in [2.75, 3.05) is 20.1 Å². The van der Waals surface area contributed by atoms with Crippen LogP contribution in [0.3, 0.4) is 0 Å². The highest BCUT2D eigenvalue weighted by atomic mass is 35.5. The van der Waals surface area contributed by atoms with Crippen LogP contribution < -0.4 is 16.0 Å². The maximum absolute atomic E-state index is 13.4. The third-order valence-corrected chi connectivity index (χ3v) is 7.10. The molecule has 0 spiro atoms. The summed E-state index contributed by atoms with van der Waals surface area (Å²) in [4.78, 5) is 26.3. The summed E-state index contributed by atoms with van der Waals surface area (Å²) in [5.74, 6) is 2.19. The fourth-order valence-corrected chi connectivity index (χ4v) is 6.19. The van der Waals surface area contributed by atoms with Gasteiger partial charge in [0.1, 0.15) is 6.04 Å². The average Bonchev–Trinajstić information content (AvgIpc) is 2.67. The lowest BCUT2D eigenvalue weighted by Crippen LogP contribution is -2.58. The molecule has 6 heteroatoms. The second-order valence-corrected chi connectivity index (χ2v) is 9.31. The van der Waals surface area contributed by atoms with Crippen molar-refractivity contribution in [3.8, 4) is 0 Å². The van der Waals surface area contributed by atoms with Crippen LogP contribution in [-0.4, -0.2) is 38.0 Å². The van der Waals surface area contributed by atoms with E-state index >= 15 is 0 Å². The van der Waals surface area contributed by atoms with E-state index < -0.39 is 6.04 Å². The van der Waals surface area contributed by atoms with Crippen LogP contribution >= 0.6 is 12.4 Å². The van der Waals surface area contributed by atoms with E-state index in [-0.39, 0.29) is 29.6 Å². The number of likely N-dealkylation sites (N-methyl/N-ethyl adjacent to an activating group) is 1. The lowest BCUT2D eigenvalue weighted by atomic mass is 9.49. The van der Waals surface area contributed by atoms with Gasteiger partial charge in [-0.15, -0.1) is 12.4 Å². The predicted molar refractivity (Wildman–Crippen MR) is 117 cm³/mol. The van der Waals surface area contributed by atoms with Gasteiger partial charge in [-0.3, -0.25) is 9.59 Å². The molecule has 5 nitrogen and oxygen atoms in total. The first-order valence-electron chi connectivity index (χ1n) is 10.9. The van der Waals surface area contributed by atoms with Gasteiger partial charge in [-0.1, -0.05) is 30.3 Å². The highest BCUT2D eigenvalue weighted by Gasteiger charge is 2.54. The largest absolute Gasteiger partial charge is 0.353 e. The maximum atomic E-state index is 13.4. The van der Waals surface area contributed by atoms with Crippen LogP contribution in [0.2, 0.25) is 0 Å². The summed E-state index contributed by atoms with van der Waals surface area (Å²) in [6.45, 7) is 1.28. The molecule has 1 unspecified atom stereocenters. The van der Waals surface area contributed by atoms with Gasteiger partial charge in [-0.2, -0.15) is 0 Å². The Morgan fingerprint density at radius 2 is 1.59 bits per heavy atom. The van der Waals surface area contributed by atoms with Crippen LogP contribution in [0.1, 0.15) is 44.1 Å². The Kier molecular flexibility index (Phi) is 7.23. The fraction of sp³-hybridized carbons (Fsp3) is 0.652. The molecule has 4 bridgehead atoms. The molecule has 0 heterocycles. The molecule has 4 aliphatic rings. The molecular weight excluding hydrogens is 386 g/mol. The molecule has 2 amide bonds. The predicted octanol–water partition coefficient (Wildman–Crippen LogP) is 2.69. The average molecular weight is 420 g/mol. The Balaban J connectivity index is 0.00000240. The van der Waals surface area contributed by atoms with Crippen molar-refractivity contribution in [1.29, 1.82) is 0 Å². The van der Waals surface area contributed by atoms with Crippen LogP contribution in [0.25, 0.3) is 0 Å². The monoisotopic (exact) mass is 419 g/mol. The number of hydrogen-bond acceptors (Lipinski definition) is 3. The van der Waals surface area contributed by atoms with Gasteiger partial charge in [0, 0.05) is 24.9 Å². The van der Waals surface area contributed by atoms with Gasteiger partial charge in [0.25, 0.3) is 0 Å². The number of halogens is 1. The van der Waals surface area contributed by atoms with Gasteiger partial charge in [0.15, 0.2) is 0 Å². The molecule has 4 saturated carbocycles. The zero-order chi connectivity index (χ0) is 19.6. The Bertz CT molecular complexity index is 674. The van der Waals surface area contributed by atoms with Crippen LogP contribution in [-0.2, 0) is 16.0 Å². The Labute approximate surface area is 180 Å². The highest BCUT2D eigenvalue weighted by molar-refractivity contribution is 5.90. The Hall–Kier alpha value is -1.59. The van der Waals surface area contributed by atoms with E-state index in [1.54, 1.807) is 0 Å². The summed E-state index contributed by atoms with van der Waals surface area (Å²) in [5.41, 5.74) is 0.844. The van der Waals surface area contributed by atoms with Crippen LogP contribution in [0, 0.1) is 23.2 Å². The first-order valence-corrected chi connectivity index (χ1v) is 10.9. The molecule has 160 valence electrons. The summed E-state index contributed by atoms with van der Waals surface area (Å²) < 4.78 is 0. The fourth-order valence-electron chi connectivity index (χ4n) is 6.19. The molecule has 3 N–H and O–H groups in total. The quantitative estimate of drug-likeness (QED) is 0.567. The maximum Gasteiger partial charge on any atom is 0.242 e. The number of nitrogens with one attached hydrogen (secondary N) is 3. The zero-order valence-electron chi connectivity index (χ0n) is 17.3. The van der Waals surface area contributed by atoms with Crippen molar-refractivity contribution in [3.63, 3.8) is 0 Å². The topological polar surface area (TPSA) is 70.2 Å². The standard InChI is InChI=1S/C23H33N3O2.ClH/c1-24-7-8-25-21(27)20(12-16-5-3-2-4-6-16)26-22(28)23-13-17-9-18(14-23)11-19(10-17)15-23;/h2-6,17-20,24H,7-15H2,1H3,(H,25,27)(H,26,28);1H. The van der Waals surface area contributed by atoms with Gasteiger partial charge >= 0.3 is 0 Å². The van der Waals surface area contributed by atoms with E-state index in [2.05, 4.69) is 16.0 Å². The zero-order valence-corrected chi connectivity index (χ0v) is 18.1. The first kappa shape index (κ1) is 22.1. The Morgan fingerprint density at radius 3 is 2.14 bits per heavy atom. The number of hydrogen-bond donors (Lipinski definition) is 3. The molecule has 1 aromatic rings. The lowest BCUT2D eigenvalue weighted by molar-refractivity contribution is -0.148. The van der Waals surface area contributed by atoms with Gasteiger partial charge < -0.3 is 16.0 Å². The van der Waals surface area contributed by atoms with Crippen molar-refractivity contribution < 1.29 is 9.59 Å². The summed E-state index contributed by atoms with van der Waals surface area (Å²) in [6, 6.07) is 9.45. The van der Waals surface area contributed by atoms with E-state index in [1.165, 1.54) is 19.3 Å². The van der Waals surface area contributed by atoms with E-state index in [9.17, 15) is 9.59 Å². The minimum Gasteiger partial charge on any atom is -0.353 e. The summed E-state index contributed by atoms with van der Waals surface area (Å²) in [5, 5.41) is 9.18. The summed E-state index contributed by atoms with van der Waals surface area (Å²) in [6.07, 6.45) is 7.52. The van der Waals surface area contributed by atoms with Crippen LogP contribution in [0.15, 0.2) is 30.3 Å². The van der Waals surface area contributed by atoms with Gasteiger partial charge in [0.05, 0.1) is 0 Å². The second-order valence-electron chi connectivity index (χ2n) is 9.31. The van der Waals surface area contributed by atoms with E-state index in [0.717, 1.165) is 24.8 Å². The molecule has 4 fully saturated rings. The number of carbonyl (C=O) groups is 2. The summed E-state index contributed by atoms with van der Waals surface area (Å²) in [7, 11) is 1.86. The number of carbonyl (C=O) groups excluding carboxylic acids is 2. The smallest absolute Gasteiger partial charge is 0.242 e. The number of amides is 2. The van der Waals surface area contributed by atoms with Crippen molar-refractivity contribution in [2.24, 2.45) is 23.2 Å².